The summed E-state index contributed by atoms with van der Waals surface area (Å²) in [6, 6.07) is 8.55. The maximum absolute atomic E-state index is 4.07. The van der Waals surface area contributed by atoms with Crippen LogP contribution < -0.4 is 5.32 Å². The van der Waals surface area contributed by atoms with Gasteiger partial charge in [-0.25, -0.2) is 0 Å². The summed E-state index contributed by atoms with van der Waals surface area (Å²) in [4.78, 5) is 1.18. The Kier molecular flexibility index (Phi) is 4.27. The van der Waals surface area contributed by atoms with Crippen LogP contribution in [0, 0.1) is 0 Å². The lowest BCUT2D eigenvalue weighted by atomic mass is 10.1. The molecule has 0 atom stereocenters. The standard InChI is InChI=1S/C14H20N4S/c1-14(2,3)15-9-11-5-7-12(8-6-11)19-13-17-16-10-18(13)4/h5-8,10,15H,9H2,1-4H3. The first kappa shape index (κ1) is 14.1. The molecule has 1 heterocycles. The Labute approximate surface area is 118 Å². The predicted molar refractivity (Wildman–Crippen MR) is 78.2 cm³/mol. The minimum absolute atomic E-state index is 0.145. The Morgan fingerprint density at radius 3 is 2.42 bits per heavy atom. The molecule has 0 unspecified atom stereocenters. The van der Waals surface area contributed by atoms with Crippen LogP contribution in [0.15, 0.2) is 40.6 Å². The third-order valence-corrected chi connectivity index (χ3v) is 3.69. The van der Waals surface area contributed by atoms with E-state index in [4.69, 9.17) is 0 Å². The van der Waals surface area contributed by atoms with Gasteiger partial charge in [-0.1, -0.05) is 12.1 Å². The molecule has 0 spiro atoms. The Morgan fingerprint density at radius 2 is 1.89 bits per heavy atom. The molecule has 0 saturated heterocycles. The van der Waals surface area contributed by atoms with Crippen molar-refractivity contribution < 1.29 is 0 Å². The molecule has 0 bridgehead atoms. The second-order valence-electron chi connectivity index (χ2n) is 5.57. The van der Waals surface area contributed by atoms with Gasteiger partial charge in [0.05, 0.1) is 0 Å². The SMILES string of the molecule is Cn1cnnc1Sc1ccc(CNC(C)(C)C)cc1. The van der Waals surface area contributed by atoms with Crippen molar-refractivity contribution in [2.75, 3.05) is 0 Å². The zero-order valence-corrected chi connectivity index (χ0v) is 12.7. The molecule has 0 amide bonds. The average Bonchev–Trinajstić information content (AvgIpc) is 2.73. The molecular formula is C14H20N4S. The average molecular weight is 276 g/mol. The van der Waals surface area contributed by atoms with E-state index < -0.39 is 0 Å². The summed E-state index contributed by atoms with van der Waals surface area (Å²) in [7, 11) is 1.95. The molecular weight excluding hydrogens is 256 g/mol. The van der Waals surface area contributed by atoms with Crippen LogP contribution in [0.3, 0.4) is 0 Å². The van der Waals surface area contributed by atoms with Crippen molar-refractivity contribution in [1.82, 2.24) is 20.1 Å². The van der Waals surface area contributed by atoms with Gasteiger partial charge in [-0.05, 0) is 50.2 Å². The fraction of sp³-hybridized carbons (Fsp3) is 0.429. The normalized spacial score (nSPS) is 11.8. The summed E-state index contributed by atoms with van der Waals surface area (Å²) >= 11 is 1.62. The molecule has 0 aliphatic rings. The van der Waals surface area contributed by atoms with Gasteiger partial charge in [0.25, 0.3) is 0 Å². The van der Waals surface area contributed by atoms with E-state index in [1.165, 1.54) is 10.5 Å². The number of aromatic nitrogens is 3. The van der Waals surface area contributed by atoms with Crippen molar-refractivity contribution in [3.05, 3.63) is 36.2 Å². The highest BCUT2D eigenvalue weighted by Crippen LogP contribution is 2.25. The molecule has 1 N–H and O–H groups in total. The fourth-order valence-electron chi connectivity index (χ4n) is 1.51. The minimum atomic E-state index is 0.145. The van der Waals surface area contributed by atoms with Crippen LogP contribution >= 0.6 is 11.8 Å². The maximum atomic E-state index is 4.07. The van der Waals surface area contributed by atoms with E-state index in [1.807, 2.05) is 11.6 Å². The van der Waals surface area contributed by atoms with Crippen LogP contribution in [0.5, 0.6) is 0 Å². The first-order chi connectivity index (χ1) is 8.94. The van der Waals surface area contributed by atoms with Crippen molar-refractivity contribution in [2.45, 2.75) is 42.9 Å². The van der Waals surface area contributed by atoms with E-state index in [0.29, 0.717) is 0 Å². The van der Waals surface area contributed by atoms with Crippen LogP contribution in [-0.4, -0.2) is 20.3 Å². The second-order valence-corrected chi connectivity index (χ2v) is 6.61. The van der Waals surface area contributed by atoms with E-state index in [0.717, 1.165) is 11.7 Å². The molecule has 102 valence electrons. The number of rotatable bonds is 4. The Morgan fingerprint density at radius 1 is 1.21 bits per heavy atom. The number of hydrogen-bond donors (Lipinski definition) is 1. The Balaban J connectivity index is 1.97. The lowest BCUT2D eigenvalue weighted by Gasteiger charge is -2.20. The van der Waals surface area contributed by atoms with Crippen molar-refractivity contribution in [2.24, 2.45) is 7.05 Å². The lowest BCUT2D eigenvalue weighted by molar-refractivity contribution is 0.424. The third kappa shape index (κ3) is 4.36. The molecule has 2 aromatic rings. The van der Waals surface area contributed by atoms with E-state index in [2.05, 4.69) is 60.6 Å². The summed E-state index contributed by atoms with van der Waals surface area (Å²) in [6.45, 7) is 7.40. The van der Waals surface area contributed by atoms with Crippen molar-refractivity contribution >= 4 is 11.8 Å². The van der Waals surface area contributed by atoms with E-state index in [9.17, 15) is 0 Å². The van der Waals surface area contributed by atoms with Gasteiger partial charge >= 0.3 is 0 Å². The summed E-state index contributed by atoms with van der Waals surface area (Å²) < 4.78 is 1.92. The summed E-state index contributed by atoms with van der Waals surface area (Å²) in [5, 5.41) is 12.3. The molecule has 4 nitrogen and oxygen atoms in total. The van der Waals surface area contributed by atoms with Crippen molar-refractivity contribution in [3.8, 4) is 0 Å². The summed E-state index contributed by atoms with van der Waals surface area (Å²) in [5.41, 5.74) is 1.43. The van der Waals surface area contributed by atoms with Gasteiger partial charge in [-0.3, -0.25) is 0 Å². The monoisotopic (exact) mass is 276 g/mol. The van der Waals surface area contributed by atoms with Crippen LogP contribution in [0.1, 0.15) is 26.3 Å². The lowest BCUT2D eigenvalue weighted by Crippen LogP contribution is -2.35. The van der Waals surface area contributed by atoms with Crippen LogP contribution in [0.4, 0.5) is 0 Å². The highest BCUT2D eigenvalue weighted by Gasteiger charge is 2.08. The predicted octanol–water partition coefficient (Wildman–Crippen LogP) is 2.85. The highest BCUT2D eigenvalue weighted by atomic mass is 32.2. The molecule has 0 aliphatic carbocycles. The Bertz CT molecular complexity index is 525. The molecule has 0 radical (unpaired) electrons. The van der Waals surface area contributed by atoms with Gasteiger partial charge in [0, 0.05) is 24.0 Å². The molecule has 0 saturated carbocycles. The molecule has 19 heavy (non-hydrogen) atoms. The minimum Gasteiger partial charge on any atom is -0.311 e. The van der Waals surface area contributed by atoms with Gasteiger partial charge in [-0.2, -0.15) is 0 Å². The van der Waals surface area contributed by atoms with Gasteiger partial charge in [-0.15, -0.1) is 10.2 Å². The first-order valence-corrected chi connectivity index (χ1v) is 7.11. The molecule has 1 aromatic heterocycles. The molecule has 0 fully saturated rings. The number of benzene rings is 1. The number of nitrogens with one attached hydrogen (secondary N) is 1. The maximum Gasteiger partial charge on any atom is 0.195 e. The molecule has 5 heteroatoms. The number of hydrogen-bond acceptors (Lipinski definition) is 4. The fourth-order valence-corrected chi connectivity index (χ4v) is 2.28. The number of nitrogens with zero attached hydrogens (tertiary/aromatic N) is 3. The van der Waals surface area contributed by atoms with Gasteiger partial charge in [0.2, 0.25) is 0 Å². The number of aryl methyl sites for hydroxylation is 1. The van der Waals surface area contributed by atoms with Crippen molar-refractivity contribution in [1.29, 1.82) is 0 Å². The summed E-state index contributed by atoms with van der Waals surface area (Å²) in [5.74, 6) is 0. The highest BCUT2D eigenvalue weighted by molar-refractivity contribution is 7.99. The zero-order valence-electron chi connectivity index (χ0n) is 11.8. The quantitative estimate of drug-likeness (QED) is 0.932. The van der Waals surface area contributed by atoms with E-state index >= 15 is 0 Å². The molecule has 2 rings (SSSR count). The first-order valence-electron chi connectivity index (χ1n) is 6.30. The zero-order chi connectivity index (χ0) is 13.9. The molecule has 0 aliphatic heterocycles. The largest absolute Gasteiger partial charge is 0.311 e. The van der Waals surface area contributed by atoms with Crippen LogP contribution in [-0.2, 0) is 13.6 Å². The van der Waals surface area contributed by atoms with Gasteiger partial charge in [0.15, 0.2) is 5.16 Å². The molecule has 1 aromatic carbocycles. The summed E-state index contributed by atoms with van der Waals surface area (Å²) in [6.07, 6.45) is 1.71. The van der Waals surface area contributed by atoms with E-state index in [-0.39, 0.29) is 5.54 Å². The van der Waals surface area contributed by atoms with Gasteiger partial charge < -0.3 is 9.88 Å². The third-order valence-electron chi connectivity index (χ3n) is 2.63. The smallest absolute Gasteiger partial charge is 0.195 e. The van der Waals surface area contributed by atoms with Crippen molar-refractivity contribution in [3.63, 3.8) is 0 Å². The second kappa shape index (κ2) is 5.75. The Hall–Kier alpha value is -1.33. The van der Waals surface area contributed by atoms with Crippen LogP contribution in [0.25, 0.3) is 0 Å². The van der Waals surface area contributed by atoms with E-state index in [1.54, 1.807) is 18.1 Å². The van der Waals surface area contributed by atoms with Gasteiger partial charge in [0.1, 0.15) is 6.33 Å². The topological polar surface area (TPSA) is 42.7 Å². The van der Waals surface area contributed by atoms with Crippen LogP contribution in [0.2, 0.25) is 0 Å².